The van der Waals surface area contributed by atoms with E-state index in [0.29, 0.717) is 0 Å². The zero-order chi connectivity index (χ0) is 21.4. The van der Waals surface area contributed by atoms with Crippen LogP contribution in [-0.2, 0) is 9.31 Å². The van der Waals surface area contributed by atoms with Gasteiger partial charge >= 0.3 is 7.12 Å². The lowest BCUT2D eigenvalue weighted by atomic mass is 9.73. The summed E-state index contributed by atoms with van der Waals surface area (Å²) < 4.78 is 18.5. The van der Waals surface area contributed by atoms with Gasteiger partial charge in [0.1, 0.15) is 5.75 Å². The van der Waals surface area contributed by atoms with Crippen molar-refractivity contribution in [2.45, 2.75) is 58.5 Å². The van der Waals surface area contributed by atoms with Crippen LogP contribution in [0.1, 0.15) is 38.8 Å². The first-order valence-electron chi connectivity index (χ1n) is 10.3. The van der Waals surface area contributed by atoms with Gasteiger partial charge < -0.3 is 14.0 Å². The van der Waals surface area contributed by atoms with Gasteiger partial charge in [0.15, 0.2) is 0 Å². The lowest BCUT2D eigenvalue weighted by Gasteiger charge is -2.32. The zero-order valence-corrected chi connectivity index (χ0v) is 20.0. The van der Waals surface area contributed by atoms with Crippen LogP contribution in [0.3, 0.4) is 0 Å². The molecule has 0 amide bonds. The molecule has 1 aliphatic heterocycles. The highest BCUT2D eigenvalue weighted by molar-refractivity contribution is 6.98. The van der Waals surface area contributed by atoms with Crippen molar-refractivity contribution in [3.8, 4) is 5.75 Å². The maximum Gasteiger partial charge on any atom is 0.495 e. The first-order chi connectivity index (χ1) is 13.5. The molecular weight excluding hydrogens is 375 g/mol. The Bertz CT molecular complexity index is 865. The van der Waals surface area contributed by atoms with Crippen LogP contribution in [0.2, 0.25) is 19.6 Å². The van der Waals surface area contributed by atoms with Crippen molar-refractivity contribution in [2.24, 2.45) is 0 Å². The van der Waals surface area contributed by atoms with Gasteiger partial charge in [-0.25, -0.2) is 0 Å². The summed E-state index contributed by atoms with van der Waals surface area (Å²) in [6.45, 7) is 15.6. The Kier molecular flexibility index (Phi) is 5.87. The topological polar surface area (TPSA) is 27.7 Å². The Morgan fingerprint density at radius 2 is 1.31 bits per heavy atom. The van der Waals surface area contributed by atoms with Crippen molar-refractivity contribution in [3.63, 3.8) is 0 Å². The van der Waals surface area contributed by atoms with E-state index >= 15 is 0 Å². The molecule has 5 heteroatoms. The minimum absolute atomic E-state index is 0.392. The standard InChI is InChI=1S/C24H33BO3Si/c1-23(2)24(3,4)28-25(27-23)21(18-14-16-20(26-5)17-15-18)22(29(6,7)8)19-12-10-9-11-13-19/h9-17H,1-8H3/b22-21+. The maximum absolute atomic E-state index is 6.55. The molecule has 1 saturated heterocycles. The summed E-state index contributed by atoms with van der Waals surface area (Å²) in [4.78, 5) is 0. The second-order valence-corrected chi connectivity index (χ2v) is 14.7. The molecule has 0 atom stereocenters. The van der Waals surface area contributed by atoms with E-state index in [1.807, 2.05) is 12.1 Å². The SMILES string of the molecule is COc1ccc(/C(B2OC(C)(C)C(C)(C)O2)=C(/c2ccccc2)[Si](C)(C)C)cc1. The largest absolute Gasteiger partial charge is 0.497 e. The van der Waals surface area contributed by atoms with Crippen LogP contribution in [-0.4, -0.2) is 33.5 Å². The van der Waals surface area contributed by atoms with Crippen LogP contribution in [0.25, 0.3) is 10.7 Å². The first kappa shape index (κ1) is 21.9. The molecule has 1 fully saturated rings. The molecule has 0 N–H and O–H groups in total. The molecule has 0 radical (unpaired) electrons. The third kappa shape index (κ3) is 4.37. The molecule has 1 heterocycles. The number of hydrogen-bond acceptors (Lipinski definition) is 3. The summed E-state index contributed by atoms with van der Waals surface area (Å²) in [6.07, 6.45) is 0. The van der Waals surface area contributed by atoms with Gasteiger partial charge in [0, 0.05) is 0 Å². The molecule has 29 heavy (non-hydrogen) atoms. The summed E-state index contributed by atoms with van der Waals surface area (Å²) >= 11 is 0. The summed E-state index contributed by atoms with van der Waals surface area (Å²) in [7, 11) is -0.496. The molecule has 1 aliphatic rings. The van der Waals surface area contributed by atoms with Crippen molar-refractivity contribution in [1.29, 1.82) is 0 Å². The predicted octanol–water partition coefficient (Wildman–Crippen LogP) is 6.11. The zero-order valence-electron chi connectivity index (χ0n) is 19.0. The monoisotopic (exact) mass is 408 g/mol. The Hall–Kier alpha value is -1.82. The molecular formula is C24H33BO3Si. The van der Waals surface area contributed by atoms with Gasteiger partial charge in [-0.2, -0.15) is 0 Å². The highest BCUT2D eigenvalue weighted by Gasteiger charge is 2.53. The van der Waals surface area contributed by atoms with Crippen LogP contribution < -0.4 is 4.74 Å². The molecule has 0 aliphatic carbocycles. The van der Waals surface area contributed by atoms with Gasteiger partial charge in [-0.05, 0) is 56.4 Å². The van der Waals surface area contributed by atoms with E-state index in [1.54, 1.807) is 7.11 Å². The smallest absolute Gasteiger partial charge is 0.495 e. The van der Waals surface area contributed by atoms with Crippen LogP contribution in [0.15, 0.2) is 54.6 Å². The number of benzene rings is 2. The normalized spacial score (nSPS) is 19.1. The van der Waals surface area contributed by atoms with Gasteiger partial charge in [-0.15, -0.1) is 0 Å². The second kappa shape index (κ2) is 7.78. The molecule has 0 aromatic heterocycles. The fourth-order valence-corrected chi connectivity index (χ4v) is 5.83. The van der Waals surface area contributed by atoms with E-state index in [1.165, 1.54) is 10.8 Å². The molecule has 2 aromatic rings. The molecule has 3 nitrogen and oxygen atoms in total. The molecule has 3 rings (SSSR count). The quantitative estimate of drug-likeness (QED) is 0.441. The average molecular weight is 408 g/mol. The van der Waals surface area contributed by atoms with E-state index in [4.69, 9.17) is 14.0 Å². The van der Waals surface area contributed by atoms with Crippen LogP contribution in [0.4, 0.5) is 0 Å². The first-order valence-corrected chi connectivity index (χ1v) is 13.8. The highest BCUT2D eigenvalue weighted by atomic mass is 28.3. The molecule has 0 saturated carbocycles. The summed E-state index contributed by atoms with van der Waals surface area (Å²) in [5.74, 6) is 0.844. The molecule has 0 spiro atoms. The highest BCUT2D eigenvalue weighted by Crippen LogP contribution is 2.44. The third-order valence-corrected chi connectivity index (χ3v) is 8.03. The summed E-state index contributed by atoms with van der Waals surface area (Å²) in [5.41, 5.74) is 2.71. The van der Waals surface area contributed by atoms with Gasteiger partial charge in [0.25, 0.3) is 0 Å². The maximum atomic E-state index is 6.55. The van der Waals surface area contributed by atoms with Gasteiger partial charge in [-0.1, -0.05) is 67.3 Å². The number of hydrogen-bond donors (Lipinski definition) is 0. The van der Waals surface area contributed by atoms with Gasteiger partial charge in [0.2, 0.25) is 0 Å². The van der Waals surface area contributed by atoms with Gasteiger partial charge in [-0.3, -0.25) is 0 Å². The van der Waals surface area contributed by atoms with E-state index in [-0.39, 0.29) is 0 Å². The Morgan fingerprint density at radius 1 is 0.793 bits per heavy atom. The average Bonchev–Trinajstić information content (AvgIpc) is 2.86. The molecule has 154 valence electrons. The predicted molar refractivity (Wildman–Crippen MR) is 126 cm³/mol. The fraction of sp³-hybridized carbons (Fsp3) is 0.417. The summed E-state index contributed by atoms with van der Waals surface area (Å²) in [5, 5.41) is 1.36. The van der Waals surface area contributed by atoms with Crippen LogP contribution >= 0.6 is 0 Å². The lowest BCUT2D eigenvalue weighted by Crippen LogP contribution is -2.41. The third-order valence-electron chi connectivity index (χ3n) is 5.97. The van der Waals surface area contributed by atoms with Crippen molar-refractivity contribution < 1.29 is 14.0 Å². The Morgan fingerprint density at radius 3 is 1.76 bits per heavy atom. The van der Waals surface area contributed by atoms with Gasteiger partial charge in [0.05, 0.1) is 26.4 Å². The van der Waals surface area contributed by atoms with Crippen LogP contribution in [0, 0.1) is 0 Å². The minimum atomic E-state index is -1.77. The number of ether oxygens (including phenoxy) is 1. The van der Waals surface area contributed by atoms with Crippen molar-refractivity contribution >= 4 is 25.9 Å². The fourth-order valence-electron chi connectivity index (χ4n) is 3.73. The minimum Gasteiger partial charge on any atom is -0.497 e. The molecule has 0 bridgehead atoms. The van der Waals surface area contributed by atoms with E-state index in [9.17, 15) is 0 Å². The van der Waals surface area contributed by atoms with Crippen LogP contribution in [0.5, 0.6) is 5.75 Å². The lowest BCUT2D eigenvalue weighted by molar-refractivity contribution is 0.00578. The Balaban J connectivity index is 2.27. The number of rotatable bonds is 5. The van der Waals surface area contributed by atoms with Crippen molar-refractivity contribution in [1.82, 2.24) is 0 Å². The van der Waals surface area contributed by atoms with E-state index in [0.717, 1.165) is 16.8 Å². The van der Waals surface area contributed by atoms with E-state index < -0.39 is 26.4 Å². The molecule has 0 unspecified atom stereocenters. The summed E-state index contributed by atoms with van der Waals surface area (Å²) in [6, 6.07) is 18.9. The second-order valence-electron chi connectivity index (χ2n) is 9.72. The van der Waals surface area contributed by atoms with Crippen molar-refractivity contribution in [2.75, 3.05) is 7.11 Å². The molecule has 2 aromatic carbocycles. The van der Waals surface area contributed by atoms with E-state index in [2.05, 4.69) is 89.8 Å². The Labute approximate surface area is 177 Å². The van der Waals surface area contributed by atoms with Crippen molar-refractivity contribution in [3.05, 3.63) is 65.7 Å². The number of methoxy groups -OCH3 is 1.